The maximum atomic E-state index is 10.7. The average molecular weight is 352 g/mol. The molecule has 0 spiro atoms. The van der Waals surface area contributed by atoms with E-state index in [9.17, 15) is 10.1 Å². The summed E-state index contributed by atoms with van der Waals surface area (Å²) >= 11 is 0. The monoisotopic (exact) mass is 352 g/mol. The molecule has 2 heterocycles. The van der Waals surface area contributed by atoms with Crippen molar-refractivity contribution in [1.29, 1.82) is 0 Å². The number of piperazine rings is 1. The molecule has 6 nitrogen and oxygen atoms in total. The van der Waals surface area contributed by atoms with Crippen LogP contribution in [0.3, 0.4) is 0 Å². The minimum absolute atomic E-state index is 0.164. The van der Waals surface area contributed by atoms with Crippen LogP contribution in [-0.4, -0.2) is 36.1 Å². The molecule has 2 aromatic carbocycles. The molecular formula is C20H24N4O2+2. The zero-order chi connectivity index (χ0) is 17.9. The van der Waals surface area contributed by atoms with E-state index in [2.05, 4.69) is 35.4 Å². The van der Waals surface area contributed by atoms with Gasteiger partial charge < -0.3 is 14.8 Å². The Bertz CT molecular complexity index is 896. The quantitative estimate of drug-likeness (QED) is 0.464. The van der Waals surface area contributed by atoms with Crippen LogP contribution in [0.4, 0.5) is 5.69 Å². The Hall–Kier alpha value is -2.70. The second kappa shape index (κ2) is 7.27. The molecule has 26 heavy (non-hydrogen) atoms. The Morgan fingerprint density at radius 3 is 2.27 bits per heavy atom. The van der Waals surface area contributed by atoms with Gasteiger partial charge in [-0.2, -0.15) is 0 Å². The molecular weight excluding hydrogens is 328 g/mol. The molecule has 0 amide bonds. The van der Waals surface area contributed by atoms with Crippen molar-refractivity contribution in [2.24, 2.45) is 0 Å². The normalized spacial score (nSPS) is 20.3. The van der Waals surface area contributed by atoms with E-state index in [4.69, 9.17) is 0 Å². The van der Waals surface area contributed by atoms with Gasteiger partial charge in [-0.1, -0.05) is 18.2 Å². The lowest BCUT2D eigenvalue weighted by Crippen LogP contribution is -3.27. The fraction of sp³-hybridized carbons (Fsp3) is 0.300. The number of fused-ring (bicyclic) bond motifs is 1. The molecule has 1 aliphatic rings. The number of quaternary nitrogens is 2. The number of rotatable bonds is 5. The zero-order valence-corrected chi connectivity index (χ0v) is 14.7. The number of hydrogen-bond donors (Lipinski definition) is 3. The van der Waals surface area contributed by atoms with Crippen LogP contribution in [0.25, 0.3) is 10.9 Å². The van der Waals surface area contributed by atoms with Gasteiger partial charge in [0.2, 0.25) is 0 Å². The molecule has 1 aromatic heterocycles. The molecule has 1 saturated heterocycles. The standard InChI is InChI=1S/C20H22N4O2/c25-24(26)18-7-5-16(6-8-18)14-22-9-11-23(12-10-22)15-17-13-21-20-4-2-1-3-19(17)20/h1-8,13,21H,9-12,14-15H2/p+2. The molecule has 0 atom stereocenters. The first-order chi connectivity index (χ1) is 12.7. The van der Waals surface area contributed by atoms with Gasteiger partial charge >= 0.3 is 0 Å². The minimum atomic E-state index is -0.344. The zero-order valence-electron chi connectivity index (χ0n) is 14.7. The molecule has 3 aromatic rings. The number of nitro benzene ring substituents is 1. The smallest absolute Gasteiger partial charge is 0.269 e. The molecule has 0 unspecified atom stereocenters. The second-order valence-electron chi connectivity index (χ2n) is 7.14. The highest BCUT2D eigenvalue weighted by Gasteiger charge is 2.24. The Balaban J connectivity index is 1.32. The number of benzene rings is 2. The molecule has 0 radical (unpaired) electrons. The van der Waals surface area contributed by atoms with Crippen LogP contribution in [0.2, 0.25) is 0 Å². The number of nitrogens with zero attached hydrogens (tertiary/aromatic N) is 1. The van der Waals surface area contributed by atoms with Crippen LogP contribution in [-0.2, 0) is 13.1 Å². The number of nitro groups is 1. The van der Waals surface area contributed by atoms with E-state index < -0.39 is 0 Å². The van der Waals surface area contributed by atoms with E-state index in [1.807, 2.05) is 12.1 Å². The summed E-state index contributed by atoms with van der Waals surface area (Å²) < 4.78 is 0. The van der Waals surface area contributed by atoms with E-state index in [0.29, 0.717) is 0 Å². The van der Waals surface area contributed by atoms with Crippen molar-refractivity contribution in [2.45, 2.75) is 13.1 Å². The summed E-state index contributed by atoms with van der Waals surface area (Å²) in [5.41, 5.74) is 3.95. The first-order valence-corrected chi connectivity index (χ1v) is 9.14. The third-order valence-corrected chi connectivity index (χ3v) is 5.38. The summed E-state index contributed by atoms with van der Waals surface area (Å²) in [5, 5.41) is 12.1. The van der Waals surface area contributed by atoms with Gasteiger partial charge in [0, 0.05) is 40.4 Å². The van der Waals surface area contributed by atoms with E-state index in [-0.39, 0.29) is 10.6 Å². The van der Waals surface area contributed by atoms with Gasteiger partial charge in [-0.3, -0.25) is 10.1 Å². The van der Waals surface area contributed by atoms with Gasteiger partial charge in [-0.15, -0.1) is 0 Å². The van der Waals surface area contributed by atoms with Crippen molar-refractivity contribution in [1.82, 2.24) is 4.98 Å². The second-order valence-corrected chi connectivity index (χ2v) is 7.14. The Morgan fingerprint density at radius 2 is 1.58 bits per heavy atom. The Morgan fingerprint density at radius 1 is 0.923 bits per heavy atom. The number of nitrogens with one attached hydrogen (secondary N) is 3. The highest BCUT2D eigenvalue weighted by molar-refractivity contribution is 5.82. The first kappa shape index (κ1) is 16.8. The summed E-state index contributed by atoms with van der Waals surface area (Å²) in [5.74, 6) is 0. The number of aromatic nitrogens is 1. The van der Waals surface area contributed by atoms with Crippen LogP contribution < -0.4 is 9.80 Å². The minimum Gasteiger partial charge on any atom is -0.361 e. The largest absolute Gasteiger partial charge is 0.361 e. The SMILES string of the molecule is O=[N+]([O-])c1ccc(C[NH+]2CC[NH+](Cc3c[nH]c4ccccc34)CC2)cc1. The number of para-hydroxylation sites is 1. The molecule has 6 heteroatoms. The third-order valence-electron chi connectivity index (χ3n) is 5.38. The Kier molecular flexibility index (Phi) is 4.69. The lowest BCUT2D eigenvalue weighted by molar-refractivity contribution is -1.02. The topological polar surface area (TPSA) is 67.8 Å². The van der Waals surface area contributed by atoms with Gasteiger partial charge in [0.15, 0.2) is 0 Å². The fourth-order valence-corrected chi connectivity index (χ4v) is 3.88. The molecule has 4 rings (SSSR count). The van der Waals surface area contributed by atoms with E-state index in [1.54, 1.807) is 21.9 Å². The van der Waals surface area contributed by atoms with Crippen molar-refractivity contribution in [3.63, 3.8) is 0 Å². The maximum Gasteiger partial charge on any atom is 0.269 e. The number of non-ortho nitro benzene ring substituents is 1. The molecule has 0 bridgehead atoms. The van der Waals surface area contributed by atoms with E-state index in [1.165, 1.54) is 22.0 Å². The van der Waals surface area contributed by atoms with Gasteiger partial charge in [0.1, 0.15) is 39.3 Å². The van der Waals surface area contributed by atoms with Crippen LogP contribution >= 0.6 is 0 Å². The maximum absolute atomic E-state index is 10.7. The summed E-state index contributed by atoms with van der Waals surface area (Å²) in [4.78, 5) is 17.0. The summed E-state index contributed by atoms with van der Waals surface area (Å²) in [6.07, 6.45) is 2.15. The molecule has 0 aliphatic carbocycles. The molecule has 1 aliphatic heterocycles. The highest BCUT2D eigenvalue weighted by atomic mass is 16.6. The molecule has 1 fully saturated rings. The van der Waals surface area contributed by atoms with E-state index in [0.717, 1.165) is 39.3 Å². The lowest BCUT2D eigenvalue weighted by Gasteiger charge is -2.29. The number of aromatic amines is 1. The summed E-state index contributed by atoms with van der Waals surface area (Å²) in [6, 6.07) is 15.5. The van der Waals surface area contributed by atoms with Crippen LogP contribution in [0, 0.1) is 10.1 Å². The fourth-order valence-electron chi connectivity index (χ4n) is 3.88. The Labute approximate surface area is 152 Å². The van der Waals surface area contributed by atoms with Gasteiger partial charge in [-0.25, -0.2) is 0 Å². The lowest BCUT2D eigenvalue weighted by atomic mass is 10.1. The summed E-state index contributed by atoms with van der Waals surface area (Å²) in [7, 11) is 0. The van der Waals surface area contributed by atoms with Gasteiger partial charge in [0.05, 0.1) is 4.92 Å². The van der Waals surface area contributed by atoms with Crippen molar-refractivity contribution in [3.05, 3.63) is 76.0 Å². The van der Waals surface area contributed by atoms with Crippen molar-refractivity contribution in [3.8, 4) is 0 Å². The highest BCUT2D eigenvalue weighted by Crippen LogP contribution is 2.16. The molecule has 3 N–H and O–H groups in total. The number of H-pyrrole nitrogens is 1. The predicted molar refractivity (Wildman–Crippen MR) is 100 cm³/mol. The third kappa shape index (κ3) is 3.61. The van der Waals surface area contributed by atoms with Crippen LogP contribution in [0.15, 0.2) is 54.7 Å². The van der Waals surface area contributed by atoms with Crippen molar-refractivity contribution < 1.29 is 14.7 Å². The van der Waals surface area contributed by atoms with Gasteiger partial charge in [-0.05, 0) is 18.2 Å². The van der Waals surface area contributed by atoms with Gasteiger partial charge in [0.25, 0.3) is 5.69 Å². The van der Waals surface area contributed by atoms with E-state index >= 15 is 0 Å². The predicted octanol–water partition coefficient (Wildman–Crippen LogP) is 0.560. The number of hydrogen-bond acceptors (Lipinski definition) is 2. The van der Waals surface area contributed by atoms with Crippen molar-refractivity contribution in [2.75, 3.05) is 26.2 Å². The van der Waals surface area contributed by atoms with Crippen LogP contribution in [0.5, 0.6) is 0 Å². The molecule has 0 saturated carbocycles. The molecule has 134 valence electrons. The average Bonchev–Trinajstić information content (AvgIpc) is 3.07. The van der Waals surface area contributed by atoms with Crippen LogP contribution in [0.1, 0.15) is 11.1 Å². The summed E-state index contributed by atoms with van der Waals surface area (Å²) in [6.45, 7) is 6.58. The van der Waals surface area contributed by atoms with Crippen molar-refractivity contribution >= 4 is 16.6 Å². The first-order valence-electron chi connectivity index (χ1n) is 9.14.